The largest absolute Gasteiger partial charge is 0.416 e. The molecular weight excluding hydrogens is 307 g/mol. The second-order valence-electron chi connectivity index (χ2n) is 5.45. The van der Waals surface area contributed by atoms with Crippen LogP contribution in [-0.4, -0.2) is 36.3 Å². The number of benzene rings is 1. The van der Waals surface area contributed by atoms with E-state index in [9.17, 15) is 18.3 Å². The fourth-order valence-corrected chi connectivity index (χ4v) is 2.73. The molecule has 0 radical (unpaired) electrons. The molecule has 0 aliphatic carbocycles. The summed E-state index contributed by atoms with van der Waals surface area (Å²) in [6, 6.07) is 8.49. The molecule has 1 N–H and O–H groups in total. The lowest BCUT2D eigenvalue weighted by Gasteiger charge is -2.41. The summed E-state index contributed by atoms with van der Waals surface area (Å²) in [6.07, 6.45) is -2.70. The topological polar surface area (TPSA) is 39.6 Å². The number of pyridine rings is 1. The van der Waals surface area contributed by atoms with E-state index in [-0.39, 0.29) is 12.6 Å². The number of nitrogens with zero attached hydrogens (tertiary/aromatic N) is 3. The number of hydrogen-bond acceptors (Lipinski definition) is 4. The van der Waals surface area contributed by atoms with E-state index in [1.54, 1.807) is 12.3 Å². The highest BCUT2D eigenvalue weighted by molar-refractivity contribution is 5.77. The molecule has 1 aromatic heterocycles. The Hall–Kier alpha value is -2.28. The van der Waals surface area contributed by atoms with Crippen LogP contribution in [-0.2, 0) is 6.18 Å². The van der Waals surface area contributed by atoms with Gasteiger partial charge < -0.3 is 14.9 Å². The maximum absolute atomic E-state index is 12.7. The number of anilines is 3. The van der Waals surface area contributed by atoms with Crippen molar-refractivity contribution in [2.45, 2.75) is 12.2 Å². The minimum absolute atomic E-state index is 0.0658. The Kier molecular flexibility index (Phi) is 3.89. The molecule has 23 heavy (non-hydrogen) atoms. The lowest BCUT2D eigenvalue weighted by atomic mass is 10.1. The molecule has 0 saturated heterocycles. The normalized spacial score (nSPS) is 18.0. The van der Waals surface area contributed by atoms with Crippen molar-refractivity contribution < 1.29 is 18.3 Å². The van der Waals surface area contributed by atoms with E-state index in [1.807, 2.05) is 22.9 Å². The van der Waals surface area contributed by atoms with Crippen LogP contribution in [0.4, 0.5) is 30.4 Å². The van der Waals surface area contributed by atoms with Crippen LogP contribution in [0, 0.1) is 0 Å². The number of fused-ring (bicyclic) bond motifs is 1. The van der Waals surface area contributed by atoms with Crippen molar-refractivity contribution in [1.82, 2.24) is 4.98 Å². The molecule has 0 fully saturated rings. The first-order valence-corrected chi connectivity index (χ1v) is 7.15. The van der Waals surface area contributed by atoms with Crippen molar-refractivity contribution in [3.8, 4) is 0 Å². The predicted octanol–water partition coefficient (Wildman–Crippen LogP) is 3.05. The minimum atomic E-state index is -4.35. The molecule has 2 heterocycles. The fraction of sp³-hybridized carbons (Fsp3) is 0.312. The maximum atomic E-state index is 12.7. The van der Waals surface area contributed by atoms with Crippen molar-refractivity contribution in [2.75, 3.05) is 30.0 Å². The van der Waals surface area contributed by atoms with Gasteiger partial charge >= 0.3 is 6.18 Å². The third-order valence-electron chi connectivity index (χ3n) is 4.05. The van der Waals surface area contributed by atoms with Crippen LogP contribution in [0.3, 0.4) is 0 Å². The number of rotatable bonds is 2. The monoisotopic (exact) mass is 323 g/mol. The highest BCUT2D eigenvalue weighted by Crippen LogP contribution is 2.38. The van der Waals surface area contributed by atoms with Gasteiger partial charge in [-0.15, -0.1) is 0 Å². The standard InChI is InChI=1S/C16H16F3N3O/c1-21-13(10-23)9-22(14-3-2-8-20-15(14)21)12-6-4-11(5-7-12)16(17,18)19/h2-8,13,23H,9-10H2,1H3. The second kappa shape index (κ2) is 5.73. The van der Waals surface area contributed by atoms with Gasteiger partial charge in [0, 0.05) is 25.5 Å². The van der Waals surface area contributed by atoms with Crippen molar-refractivity contribution in [3.63, 3.8) is 0 Å². The fourth-order valence-electron chi connectivity index (χ4n) is 2.73. The van der Waals surface area contributed by atoms with E-state index in [4.69, 9.17) is 0 Å². The van der Waals surface area contributed by atoms with Gasteiger partial charge in [0.15, 0.2) is 5.82 Å². The van der Waals surface area contributed by atoms with Crippen molar-refractivity contribution in [2.24, 2.45) is 0 Å². The number of aliphatic hydroxyl groups is 1. The molecule has 0 bridgehead atoms. The summed E-state index contributed by atoms with van der Waals surface area (Å²) in [5, 5.41) is 9.56. The summed E-state index contributed by atoms with van der Waals surface area (Å²) < 4.78 is 38.1. The summed E-state index contributed by atoms with van der Waals surface area (Å²) in [6.45, 7) is 0.403. The highest BCUT2D eigenvalue weighted by atomic mass is 19.4. The number of aromatic nitrogens is 1. The van der Waals surface area contributed by atoms with Gasteiger partial charge in [-0.3, -0.25) is 0 Å². The van der Waals surface area contributed by atoms with E-state index in [0.29, 0.717) is 18.1 Å². The van der Waals surface area contributed by atoms with E-state index < -0.39 is 11.7 Å². The Labute approximate surface area is 131 Å². The first-order valence-electron chi connectivity index (χ1n) is 7.15. The van der Waals surface area contributed by atoms with Crippen LogP contribution in [0.2, 0.25) is 0 Å². The van der Waals surface area contributed by atoms with Crippen LogP contribution in [0.5, 0.6) is 0 Å². The number of aliphatic hydroxyl groups excluding tert-OH is 1. The van der Waals surface area contributed by atoms with Gasteiger partial charge in [0.2, 0.25) is 0 Å². The molecule has 1 unspecified atom stereocenters. The summed E-state index contributed by atoms with van der Waals surface area (Å²) >= 11 is 0. The molecule has 3 rings (SSSR count). The average molecular weight is 323 g/mol. The molecule has 1 aliphatic heterocycles. The average Bonchev–Trinajstić information content (AvgIpc) is 2.55. The quantitative estimate of drug-likeness (QED) is 0.922. The van der Waals surface area contributed by atoms with Gasteiger partial charge in [-0.2, -0.15) is 13.2 Å². The molecule has 0 spiro atoms. The minimum Gasteiger partial charge on any atom is -0.394 e. The predicted molar refractivity (Wildman–Crippen MR) is 82.0 cm³/mol. The molecular formula is C16H16F3N3O. The SMILES string of the molecule is CN1c2ncccc2N(c2ccc(C(F)(F)F)cc2)CC1CO. The Balaban J connectivity index is 2.00. The molecule has 0 amide bonds. The molecule has 2 aromatic rings. The Bertz CT molecular complexity index is 688. The van der Waals surface area contributed by atoms with E-state index >= 15 is 0 Å². The van der Waals surface area contributed by atoms with Gasteiger partial charge in [-0.05, 0) is 36.4 Å². The third-order valence-corrected chi connectivity index (χ3v) is 4.05. The van der Waals surface area contributed by atoms with E-state index in [2.05, 4.69) is 4.98 Å². The molecule has 1 aliphatic rings. The summed E-state index contributed by atoms with van der Waals surface area (Å²) in [5.41, 5.74) is 0.763. The number of halogens is 3. The number of likely N-dealkylation sites (N-methyl/N-ethyl adjacent to an activating group) is 1. The van der Waals surface area contributed by atoms with Gasteiger partial charge in [0.05, 0.1) is 23.9 Å². The van der Waals surface area contributed by atoms with E-state index in [0.717, 1.165) is 17.8 Å². The maximum Gasteiger partial charge on any atom is 0.416 e. The van der Waals surface area contributed by atoms with Gasteiger partial charge in [-0.25, -0.2) is 4.98 Å². The summed E-state index contributed by atoms with van der Waals surface area (Å²) in [4.78, 5) is 8.09. The Morgan fingerprint density at radius 2 is 1.91 bits per heavy atom. The smallest absolute Gasteiger partial charge is 0.394 e. The van der Waals surface area contributed by atoms with Crippen molar-refractivity contribution >= 4 is 17.2 Å². The molecule has 122 valence electrons. The zero-order valence-corrected chi connectivity index (χ0v) is 12.5. The third kappa shape index (κ3) is 2.84. The van der Waals surface area contributed by atoms with Crippen LogP contribution in [0.25, 0.3) is 0 Å². The number of alkyl halides is 3. The lowest BCUT2D eigenvalue weighted by molar-refractivity contribution is -0.137. The zero-order chi connectivity index (χ0) is 16.6. The van der Waals surface area contributed by atoms with E-state index in [1.165, 1.54) is 12.1 Å². The van der Waals surface area contributed by atoms with Crippen LogP contribution in [0.15, 0.2) is 42.6 Å². The van der Waals surface area contributed by atoms with Gasteiger partial charge in [0.1, 0.15) is 0 Å². The molecule has 1 aromatic carbocycles. The first-order chi connectivity index (χ1) is 10.9. The molecule has 4 nitrogen and oxygen atoms in total. The van der Waals surface area contributed by atoms with Crippen LogP contribution in [0.1, 0.15) is 5.56 Å². The van der Waals surface area contributed by atoms with Gasteiger partial charge in [-0.1, -0.05) is 0 Å². The highest BCUT2D eigenvalue weighted by Gasteiger charge is 2.32. The molecule has 0 saturated carbocycles. The Morgan fingerprint density at radius 3 is 2.52 bits per heavy atom. The van der Waals surface area contributed by atoms with Crippen LogP contribution >= 0.6 is 0 Å². The zero-order valence-electron chi connectivity index (χ0n) is 12.5. The molecule has 1 atom stereocenters. The second-order valence-corrected chi connectivity index (χ2v) is 5.45. The first kappa shape index (κ1) is 15.6. The van der Waals surface area contributed by atoms with Crippen LogP contribution < -0.4 is 9.80 Å². The Morgan fingerprint density at radius 1 is 1.22 bits per heavy atom. The summed E-state index contributed by atoms with van der Waals surface area (Å²) in [5.74, 6) is 0.692. The van der Waals surface area contributed by atoms with Crippen molar-refractivity contribution in [1.29, 1.82) is 0 Å². The lowest BCUT2D eigenvalue weighted by Crippen LogP contribution is -2.48. The van der Waals surface area contributed by atoms with Crippen molar-refractivity contribution in [3.05, 3.63) is 48.2 Å². The molecule has 7 heteroatoms. The summed E-state index contributed by atoms with van der Waals surface area (Å²) in [7, 11) is 1.84. The number of hydrogen-bond donors (Lipinski definition) is 1. The van der Waals surface area contributed by atoms with Gasteiger partial charge in [0.25, 0.3) is 0 Å².